The number of hydrogen-bond donors (Lipinski definition) is 0. The van der Waals surface area contributed by atoms with Gasteiger partial charge in [-0.05, 0) is 140 Å². The fourth-order valence-corrected chi connectivity index (χ4v) is 12.5. The first-order valence-electron chi connectivity index (χ1n) is 21.7. The van der Waals surface area contributed by atoms with Crippen molar-refractivity contribution < 1.29 is 0 Å². The fraction of sp³-hybridized carbons (Fsp3) is 0.214. The van der Waals surface area contributed by atoms with Crippen LogP contribution in [0.5, 0.6) is 0 Å². The SMILES string of the molecule is C[C@@H]1CC2C[C@H](C)CC(c3ccc(-c4nc(-c5ccc6c(c5)-c5ccccc5C65c6ccccc6-c6ccc(C#N)cc65)nc(-c5ccc6ccccc6c5)n4)cc3)(C2)C1. The van der Waals surface area contributed by atoms with Crippen molar-refractivity contribution in [2.45, 2.75) is 56.8 Å². The highest BCUT2D eigenvalue weighted by Crippen LogP contribution is 2.63. The monoisotopic (exact) mass is 772 g/mol. The number of aromatic nitrogens is 3. The minimum atomic E-state index is -0.544. The molecule has 4 aliphatic rings. The van der Waals surface area contributed by atoms with Gasteiger partial charge in [0.25, 0.3) is 0 Å². The predicted molar refractivity (Wildman–Crippen MR) is 241 cm³/mol. The van der Waals surface area contributed by atoms with Crippen LogP contribution in [0.4, 0.5) is 0 Å². The Balaban J connectivity index is 1.02. The fourth-order valence-electron chi connectivity index (χ4n) is 12.5. The number of rotatable bonds is 4. The van der Waals surface area contributed by atoms with Crippen molar-refractivity contribution in [2.75, 3.05) is 0 Å². The van der Waals surface area contributed by atoms with E-state index in [4.69, 9.17) is 15.0 Å². The quantitative estimate of drug-likeness (QED) is 0.179. The van der Waals surface area contributed by atoms with Crippen LogP contribution in [-0.2, 0) is 10.8 Å². The first-order valence-corrected chi connectivity index (χ1v) is 21.7. The smallest absolute Gasteiger partial charge is 0.164 e. The summed E-state index contributed by atoms with van der Waals surface area (Å²) in [6.07, 6.45) is 6.59. The Bertz CT molecular complexity index is 3080. The van der Waals surface area contributed by atoms with Gasteiger partial charge in [0.15, 0.2) is 17.5 Å². The van der Waals surface area contributed by atoms with Gasteiger partial charge >= 0.3 is 0 Å². The van der Waals surface area contributed by atoms with Crippen LogP contribution in [0.1, 0.15) is 79.3 Å². The van der Waals surface area contributed by atoms with E-state index in [1.165, 1.54) is 76.4 Å². The highest BCUT2D eigenvalue weighted by atomic mass is 15.0. The molecule has 3 unspecified atom stereocenters. The van der Waals surface area contributed by atoms with Gasteiger partial charge in [-0.1, -0.05) is 141 Å². The molecule has 0 N–H and O–H groups in total. The number of nitriles is 1. The summed E-state index contributed by atoms with van der Waals surface area (Å²) in [6, 6.07) is 57.1. The lowest BCUT2D eigenvalue weighted by atomic mass is 9.54. The van der Waals surface area contributed by atoms with E-state index in [2.05, 4.69) is 166 Å². The molecule has 7 aromatic carbocycles. The highest BCUT2D eigenvalue weighted by Gasteiger charge is 2.52. The zero-order valence-electron chi connectivity index (χ0n) is 34.0. The van der Waals surface area contributed by atoms with Gasteiger partial charge in [0.1, 0.15) is 0 Å². The van der Waals surface area contributed by atoms with Crippen LogP contribution in [0.15, 0.2) is 152 Å². The molecule has 2 bridgehead atoms. The average molecular weight is 773 g/mol. The van der Waals surface area contributed by atoms with Gasteiger partial charge in [0, 0.05) is 16.7 Å². The van der Waals surface area contributed by atoms with Crippen molar-refractivity contribution >= 4 is 10.8 Å². The van der Waals surface area contributed by atoms with E-state index in [1.54, 1.807) is 0 Å². The van der Waals surface area contributed by atoms with Crippen molar-refractivity contribution in [3.8, 4) is 62.5 Å². The highest BCUT2D eigenvalue weighted by molar-refractivity contribution is 5.96. The van der Waals surface area contributed by atoms with E-state index in [0.717, 1.165) is 51.0 Å². The third kappa shape index (κ3) is 5.18. The minimum Gasteiger partial charge on any atom is -0.208 e. The van der Waals surface area contributed by atoms with Gasteiger partial charge < -0.3 is 0 Å². The van der Waals surface area contributed by atoms with Crippen molar-refractivity contribution in [3.05, 3.63) is 185 Å². The van der Waals surface area contributed by atoms with Gasteiger partial charge in [-0.2, -0.15) is 5.26 Å². The molecule has 5 atom stereocenters. The number of hydrogen-bond acceptors (Lipinski definition) is 4. The van der Waals surface area contributed by atoms with E-state index < -0.39 is 5.41 Å². The summed E-state index contributed by atoms with van der Waals surface area (Å²) in [7, 11) is 0. The molecule has 8 aromatic rings. The van der Waals surface area contributed by atoms with Crippen molar-refractivity contribution in [3.63, 3.8) is 0 Å². The Morgan fingerprint density at radius 1 is 0.483 bits per heavy atom. The molecule has 4 aliphatic carbocycles. The summed E-state index contributed by atoms with van der Waals surface area (Å²) in [6.45, 7) is 4.92. The molecule has 0 saturated heterocycles. The van der Waals surface area contributed by atoms with E-state index in [1.807, 2.05) is 6.07 Å². The lowest BCUT2D eigenvalue weighted by Gasteiger charge is -2.50. The number of fused-ring (bicyclic) bond motifs is 13. The van der Waals surface area contributed by atoms with Crippen molar-refractivity contribution in [1.82, 2.24) is 15.0 Å². The Labute approximate surface area is 351 Å². The van der Waals surface area contributed by atoms with Crippen LogP contribution in [0, 0.1) is 29.1 Å². The van der Waals surface area contributed by atoms with Crippen LogP contribution in [0.25, 0.3) is 67.2 Å². The van der Waals surface area contributed by atoms with Gasteiger partial charge in [-0.15, -0.1) is 0 Å². The third-order valence-electron chi connectivity index (χ3n) is 14.5. The topological polar surface area (TPSA) is 62.5 Å². The first-order chi connectivity index (χ1) is 29.4. The summed E-state index contributed by atoms with van der Waals surface area (Å²) >= 11 is 0. The Morgan fingerprint density at radius 3 is 1.73 bits per heavy atom. The average Bonchev–Trinajstić information content (AvgIpc) is 3.75. The standard InChI is InChI=1S/C56H44N4/c1-34-25-37-26-35(2)31-55(30-34,32-37)43-21-18-39(19-22-43)52-58-53(41-17-16-38-9-3-4-10-40(38)28-41)60-54(59-52)42-20-24-50-47(29-42)45-12-6-8-14-49(45)56(50)48-13-7-5-11-44(48)46-23-15-36(33-57)27-51(46)56/h3-24,27-29,34-35,37H,25-26,30-32H2,1-2H3/t34-,35+,37?,55?,56?. The van der Waals surface area contributed by atoms with Crippen LogP contribution in [0.3, 0.4) is 0 Å². The molecule has 0 amide bonds. The molecule has 288 valence electrons. The summed E-state index contributed by atoms with van der Waals surface area (Å²) in [5.41, 5.74) is 14.4. The normalized spacial score (nSPS) is 23.1. The van der Waals surface area contributed by atoms with Gasteiger partial charge in [0.2, 0.25) is 0 Å². The van der Waals surface area contributed by atoms with Crippen LogP contribution < -0.4 is 0 Å². The van der Waals surface area contributed by atoms with Crippen LogP contribution in [0.2, 0.25) is 0 Å². The molecule has 2 saturated carbocycles. The molecule has 0 radical (unpaired) electrons. The van der Waals surface area contributed by atoms with Crippen LogP contribution >= 0.6 is 0 Å². The molecule has 4 nitrogen and oxygen atoms in total. The lowest BCUT2D eigenvalue weighted by molar-refractivity contribution is 0.0780. The molecule has 0 aliphatic heterocycles. The van der Waals surface area contributed by atoms with Gasteiger partial charge in [-0.3, -0.25) is 0 Å². The van der Waals surface area contributed by atoms with Crippen molar-refractivity contribution in [2.24, 2.45) is 17.8 Å². The second-order valence-electron chi connectivity index (χ2n) is 18.4. The molecule has 1 aromatic heterocycles. The summed E-state index contributed by atoms with van der Waals surface area (Å²) in [5.74, 6) is 4.33. The molecule has 1 spiro atoms. The zero-order chi connectivity index (χ0) is 40.2. The summed E-state index contributed by atoms with van der Waals surface area (Å²) in [4.78, 5) is 15.8. The van der Waals surface area contributed by atoms with E-state index >= 15 is 0 Å². The molecule has 60 heavy (non-hydrogen) atoms. The first kappa shape index (κ1) is 35.3. The van der Waals surface area contributed by atoms with E-state index in [-0.39, 0.29) is 5.41 Å². The maximum Gasteiger partial charge on any atom is 0.164 e. The second-order valence-corrected chi connectivity index (χ2v) is 18.4. The third-order valence-corrected chi connectivity index (χ3v) is 14.5. The molecule has 4 heteroatoms. The Morgan fingerprint density at radius 2 is 1.03 bits per heavy atom. The maximum absolute atomic E-state index is 10.1. The molecule has 12 rings (SSSR count). The maximum atomic E-state index is 10.1. The molecular weight excluding hydrogens is 729 g/mol. The summed E-state index contributed by atoms with van der Waals surface area (Å²) in [5, 5.41) is 12.4. The number of benzene rings is 7. The Hall–Kier alpha value is -6.70. The van der Waals surface area contributed by atoms with Gasteiger partial charge in [-0.25, -0.2) is 15.0 Å². The van der Waals surface area contributed by atoms with Crippen molar-refractivity contribution in [1.29, 1.82) is 5.26 Å². The predicted octanol–water partition coefficient (Wildman–Crippen LogP) is 13.3. The zero-order valence-corrected chi connectivity index (χ0v) is 34.0. The van der Waals surface area contributed by atoms with E-state index in [0.29, 0.717) is 23.0 Å². The van der Waals surface area contributed by atoms with Gasteiger partial charge in [0.05, 0.1) is 17.0 Å². The summed E-state index contributed by atoms with van der Waals surface area (Å²) < 4.78 is 0. The second kappa shape index (κ2) is 13.2. The lowest BCUT2D eigenvalue weighted by Crippen LogP contribution is -2.42. The largest absolute Gasteiger partial charge is 0.208 e. The molecular formula is C56H44N4. The number of nitrogens with zero attached hydrogens (tertiary/aromatic N) is 4. The molecule has 1 heterocycles. The molecule has 2 fully saturated rings. The Kier molecular flexibility index (Phi) is 7.73. The minimum absolute atomic E-state index is 0.258. The van der Waals surface area contributed by atoms with Crippen LogP contribution in [-0.4, -0.2) is 15.0 Å². The van der Waals surface area contributed by atoms with E-state index in [9.17, 15) is 5.26 Å².